The number of benzene rings is 2. The number of sulfonamides is 1. The molecule has 2 aromatic rings. The molecule has 0 aromatic heterocycles. The van der Waals surface area contributed by atoms with E-state index in [2.05, 4.69) is 0 Å². The van der Waals surface area contributed by atoms with Crippen molar-refractivity contribution >= 4 is 25.8 Å². The number of aryl methyl sites for hydroxylation is 1. The molecule has 1 heterocycles. The Hall–Kier alpha value is -2.27. The monoisotopic (exact) mass is 439 g/mol. The molecule has 156 valence electrons. The summed E-state index contributed by atoms with van der Waals surface area (Å²) in [5.74, 6) is -2.30. The van der Waals surface area contributed by atoms with Gasteiger partial charge in [-0.05, 0) is 30.2 Å². The van der Waals surface area contributed by atoms with Crippen molar-refractivity contribution in [3.8, 4) is 0 Å². The minimum absolute atomic E-state index is 0.156. The molecule has 8 nitrogen and oxygen atoms in total. The molecule has 0 saturated carbocycles. The summed E-state index contributed by atoms with van der Waals surface area (Å²) in [4.78, 5) is 11.1. The number of aromatic carboxylic acids is 1. The first-order valence-electron chi connectivity index (χ1n) is 8.79. The highest BCUT2D eigenvalue weighted by Crippen LogP contribution is 2.29. The van der Waals surface area contributed by atoms with E-state index in [9.17, 15) is 31.8 Å². The fourth-order valence-electron chi connectivity index (χ4n) is 3.37. The average molecular weight is 440 g/mol. The maximum atomic E-state index is 13.5. The molecular weight excluding hydrogens is 418 g/mol. The van der Waals surface area contributed by atoms with Crippen LogP contribution in [0, 0.1) is 6.92 Å². The van der Waals surface area contributed by atoms with Gasteiger partial charge in [-0.15, -0.1) is 0 Å². The zero-order valence-electron chi connectivity index (χ0n) is 15.6. The molecule has 2 N–H and O–H groups in total. The van der Waals surface area contributed by atoms with Gasteiger partial charge in [-0.3, -0.25) is 0 Å². The smallest absolute Gasteiger partial charge is 0.335 e. The minimum Gasteiger partial charge on any atom is -0.478 e. The summed E-state index contributed by atoms with van der Waals surface area (Å²) in [5.41, 5.74) is 0.733. The van der Waals surface area contributed by atoms with Gasteiger partial charge in [-0.25, -0.2) is 21.6 Å². The molecule has 10 heteroatoms. The van der Waals surface area contributed by atoms with Crippen LogP contribution in [0.15, 0.2) is 53.4 Å². The molecule has 0 amide bonds. The van der Waals surface area contributed by atoms with E-state index >= 15 is 0 Å². The van der Waals surface area contributed by atoms with E-state index in [1.165, 1.54) is 19.1 Å². The van der Waals surface area contributed by atoms with Crippen LogP contribution in [-0.2, 0) is 26.4 Å². The molecule has 0 radical (unpaired) electrons. The maximum Gasteiger partial charge on any atom is 0.335 e. The highest BCUT2D eigenvalue weighted by molar-refractivity contribution is 7.92. The summed E-state index contributed by atoms with van der Waals surface area (Å²) >= 11 is 0. The highest BCUT2D eigenvalue weighted by atomic mass is 32.2. The second kappa shape index (κ2) is 7.86. The van der Waals surface area contributed by atoms with Gasteiger partial charge in [-0.1, -0.05) is 36.4 Å². The Kier molecular flexibility index (Phi) is 5.81. The molecule has 0 bridgehead atoms. The minimum atomic E-state index is -4.31. The van der Waals surface area contributed by atoms with Crippen LogP contribution in [-0.4, -0.2) is 61.0 Å². The molecule has 29 heavy (non-hydrogen) atoms. The number of carbonyl (C=O) groups is 1. The average Bonchev–Trinajstić information content (AvgIpc) is 2.92. The number of rotatable bonds is 6. The van der Waals surface area contributed by atoms with Gasteiger partial charge >= 0.3 is 5.97 Å². The largest absolute Gasteiger partial charge is 0.478 e. The van der Waals surface area contributed by atoms with Crippen LogP contribution < -0.4 is 0 Å². The van der Waals surface area contributed by atoms with E-state index in [1.807, 2.05) is 0 Å². The van der Waals surface area contributed by atoms with Gasteiger partial charge in [0.05, 0.1) is 34.1 Å². The fraction of sp³-hybridized carbons (Fsp3) is 0.316. The van der Waals surface area contributed by atoms with E-state index in [0.29, 0.717) is 11.1 Å². The lowest BCUT2D eigenvalue weighted by Crippen LogP contribution is -2.46. The van der Waals surface area contributed by atoms with E-state index < -0.39 is 49.5 Å². The van der Waals surface area contributed by atoms with Crippen LogP contribution in [0.25, 0.3) is 0 Å². The molecule has 1 saturated heterocycles. The third-order valence-corrected chi connectivity index (χ3v) is 8.58. The number of carboxylic acid groups (broad SMARTS) is 1. The van der Waals surface area contributed by atoms with Crippen LogP contribution in [0.4, 0.5) is 0 Å². The predicted molar refractivity (Wildman–Crippen MR) is 106 cm³/mol. The molecular formula is C19H21NO7S2. The van der Waals surface area contributed by atoms with Crippen LogP contribution in [0.3, 0.4) is 0 Å². The molecule has 2 aromatic carbocycles. The predicted octanol–water partition coefficient (Wildman–Crippen LogP) is 1.04. The van der Waals surface area contributed by atoms with E-state index in [0.717, 1.165) is 10.4 Å². The molecule has 0 spiro atoms. The van der Waals surface area contributed by atoms with Crippen molar-refractivity contribution in [2.45, 2.75) is 30.5 Å². The second-order valence-corrected chi connectivity index (χ2v) is 11.0. The van der Waals surface area contributed by atoms with Crippen molar-refractivity contribution < 1.29 is 31.8 Å². The Balaban J connectivity index is 2.12. The summed E-state index contributed by atoms with van der Waals surface area (Å²) in [6, 6.07) is 11.2. The quantitative estimate of drug-likeness (QED) is 0.688. The number of aliphatic hydroxyl groups excluding tert-OH is 1. The van der Waals surface area contributed by atoms with Gasteiger partial charge in [-0.2, -0.15) is 4.31 Å². The number of hydrogen-bond acceptors (Lipinski definition) is 6. The van der Waals surface area contributed by atoms with Gasteiger partial charge in [0.25, 0.3) is 0 Å². The first kappa shape index (κ1) is 21.4. The second-order valence-electron chi connectivity index (χ2n) is 7.03. The van der Waals surface area contributed by atoms with Crippen LogP contribution in [0.5, 0.6) is 0 Å². The topological polar surface area (TPSA) is 129 Å². The van der Waals surface area contributed by atoms with Gasteiger partial charge < -0.3 is 10.2 Å². The summed E-state index contributed by atoms with van der Waals surface area (Å²) < 4.78 is 52.0. The van der Waals surface area contributed by atoms with Crippen LogP contribution >= 0.6 is 0 Å². The number of nitrogens with zero attached hydrogens (tertiary/aromatic N) is 1. The van der Waals surface area contributed by atoms with Crippen LogP contribution in [0.1, 0.15) is 21.5 Å². The maximum absolute atomic E-state index is 13.5. The van der Waals surface area contributed by atoms with E-state index in [-0.39, 0.29) is 17.0 Å². The van der Waals surface area contributed by atoms with E-state index in [1.54, 1.807) is 30.3 Å². The van der Waals surface area contributed by atoms with Gasteiger partial charge in [0, 0.05) is 6.54 Å². The molecule has 2 atom stereocenters. The van der Waals surface area contributed by atoms with Gasteiger partial charge in [0.2, 0.25) is 10.0 Å². The molecule has 0 aliphatic carbocycles. The first-order chi connectivity index (χ1) is 13.5. The molecule has 3 rings (SSSR count). The van der Waals surface area contributed by atoms with Crippen molar-refractivity contribution in [1.29, 1.82) is 0 Å². The lowest BCUT2D eigenvalue weighted by atomic mass is 10.1. The number of carboxylic acids is 1. The Morgan fingerprint density at radius 2 is 1.79 bits per heavy atom. The van der Waals surface area contributed by atoms with Crippen LogP contribution in [0.2, 0.25) is 0 Å². The Morgan fingerprint density at radius 3 is 2.34 bits per heavy atom. The summed E-state index contributed by atoms with van der Waals surface area (Å²) in [7, 11) is -7.91. The zero-order valence-corrected chi connectivity index (χ0v) is 17.2. The lowest BCUT2D eigenvalue weighted by Gasteiger charge is -2.30. The Bertz CT molecular complexity index is 1130. The molecule has 0 unspecified atom stereocenters. The summed E-state index contributed by atoms with van der Waals surface area (Å²) in [6.07, 6.45) is -1.37. The zero-order chi connectivity index (χ0) is 21.4. The number of sulfone groups is 1. The Labute approximate surface area is 169 Å². The standard InChI is InChI=1S/C19H21NO7S2/c1-13-7-8-15(19(22)23)9-18(13)29(26,27)20(10-14-5-3-2-4-6-14)16-11-28(24,25)12-17(16)21/h2-9,16-17,21H,10-12H2,1H3,(H,22,23)/t16-,17-/m0/s1. The lowest BCUT2D eigenvalue weighted by molar-refractivity contribution is 0.0696. The van der Waals surface area contributed by atoms with Crippen molar-refractivity contribution in [2.24, 2.45) is 0 Å². The highest BCUT2D eigenvalue weighted by Gasteiger charge is 2.45. The fourth-order valence-corrected chi connectivity index (χ4v) is 7.16. The van der Waals surface area contributed by atoms with Gasteiger partial charge in [0.15, 0.2) is 9.84 Å². The Morgan fingerprint density at radius 1 is 1.14 bits per heavy atom. The molecule has 1 aliphatic heterocycles. The normalized spacial score (nSPS) is 21.3. The van der Waals surface area contributed by atoms with Crippen molar-refractivity contribution in [1.82, 2.24) is 4.31 Å². The molecule has 1 aliphatic rings. The third-order valence-electron chi connectivity index (χ3n) is 4.87. The third kappa shape index (κ3) is 4.50. The van der Waals surface area contributed by atoms with Crippen molar-refractivity contribution in [2.75, 3.05) is 11.5 Å². The summed E-state index contributed by atoms with van der Waals surface area (Å²) in [6.45, 7) is 1.37. The number of aliphatic hydroxyl groups is 1. The van der Waals surface area contributed by atoms with Gasteiger partial charge in [0.1, 0.15) is 0 Å². The van der Waals surface area contributed by atoms with Crippen molar-refractivity contribution in [3.63, 3.8) is 0 Å². The van der Waals surface area contributed by atoms with Crippen molar-refractivity contribution in [3.05, 3.63) is 65.2 Å². The summed E-state index contributed by atoms with van der Waals surface area (Å²) in [5, 5.41) is 19.6. The number of hydrogen-bond donors (Lipinski definition) is 2. The molecule has 1 fully saturated rings. The SMILES string of the molecule is Cc1ccc(C(=O)O)cc1S(=O)(=O)N(Cc1ccccc1)[C@H]1CS(=O)(=O)C[C@@H]1O. The first-order valence-corrected chi connectivity index (χ1v) is 12.1. The van der Waals surface area contributed by atoms with E-state index in [4.69, 9.17) is 0 Å².